The van der Waals surface area contributed by atoms with E-state index in [9.17, 15) is 4.57 Å². The molecule has 0 radical (unpaired) electrons. The minimum atomic E-state index is -2.33. The molecule has 0 aromatic rings. The van der Waals surface area contributed by atoms with Crippen molar-refractivity contribution < 1.29 is 18.7 Å². The Morgan fingerprint density at radius 2 is 1.37 bits per heavy atom. The van der Waals surface area contributed by atoms with Gasteiger partial charge in [0.15, 0.2) is 0 Å². The predicted molar refractivity (Wildman–Crippen MR) is 79.8 cm³/mol. The first-order valence-corrected chi connectivity index (χ1v) is 8.65. The van der Waals surface area contributed by atoms with Crippen LogP contribution in [0.15, 0.2) is 0 Å². The van der Waals surface area contributed by atoms with Crippen LogP contribution >= 0.6 is 8.25 Å². The number of hydrogen-bond acceptors (Lipinski definition) is 4. The molecule has 0 saturated carbocycles. The van der Waals surface area contributed by atoms with Gasteiger partial charge in [-0.05, 0) is 33.6 Å². The van der Waals surface area contributed by atoms with E-state index in [2.05, 4.69) is 0 Å². The van der Waals surface area contributed by atoms with Crippen LogP contribution in [0.3, 0.4) is 0 Å². The van der Waals surface area contributed by atoms with Crippen molar-refractivity contribution in [2.75, 3.05) is 13.2 Å². The van der Waals surface area contributed by atoms with Crippen molar-refractivity contribution in [3.8, 4) is 0 Å². The summed E-state index contributed by atoms with van der Waals surface area (Å²) < 4.78 is 21.8. The molecule has 4 nitrogen and oxygen atoms in total. The van der Waals surface area contributed by atoms with Gasteiger partial charge in [0.25, 0.3) is 0 Å². The molecular formula is C14H31O4P. The molecule has 0 aliphatic carbocycles. The molecule has 5 heteroatoms. The lowest BCUT2D eigenvalue weighted by molar-refractivity contribution is 0.107. The summed E-state index contributed by atoms with van der Waals surface area (Å²) in [5, 5.41) is 8.63. The van der Waals surface area contributed by atoms with Crippen LogP contribution < -0.4 is 0 Å². The second-order valence-corrected chi connectivity index (χ2v) is 6.86. The maximum atomic E-state index is 11.4. The SMILES string of the molecule is CC(C)(C)O[PH](=O)OCCCCCCCCCCO. The molecular weight excluding hydrogens is 263 g/mol. The topological polar surface area (TPSA) is 55.8 Å². The molecule has 0 fully saturated rings. The average molecular weight is 294 g/mol. The molecule has 0 amide bonds. The molecule has 0 aliphatic heterocycles. The molecule has 116 valence electrons. The predicted octanol–water partition coefficient (Wildman–Crippen LogP) is 4.32. The van der Waals surface area contributed by atoms with Gasteiger partial charge >= 0.3 is 8.25 Å². The first kappa shape index (κ1) is 19.1. The Morgan fingerprint density at radius 3 is 1.84 bits per heavy atom. The van der Waals surface area contributed by atoms with E-state index in [0.717, 1.165) is 25.7 Å². The molecule has 0 heterocycles. The number of unbranched alkanes of at least 4 members (excludes halogenated alkanes) is 7. The first-order valence-electron chi connectivity index (χ1n) is 7.42. The van der Waals surface area contributed by atoms with Gasteiger partial charge in [0.2, 0.25) is 0 Å². The van der Waals surface area contributed by atoms with E-state index in [1.807, 2.05) is 20.8 Å². The summed E-state index contributed by atoms with van der Waals surface area (Å²) in [7, 11) is -2.33. The van der Waals surface area contributed by atoms with E-state index in [1.54, 1.807) is 0 Å². The average Bonchev–Trinajstić information content (AvgIpc) is 2.29. The maximum Gasteiger partial charge on any atom is 0.319 e. The second kappa shape index (κ2) is 11.9. The van der Waals surface area contributed by atoms with Gasteiger partial charge in [-0.3, -0.25) is 4.57 Å². The lowest BCUT2D eigenvalue weighted by Crippen LogP contribution is -2.15. The summed E-state index contributed by atoms with van der Waals surface area (Å²) in [4.78, 5) is 0. The van der Waals surface area contributed by atoms with Crippen molar-refractivity contribution in [1.82, 2.24) is 0 Å². The van der Waals surface area contributed by atoms with Crippen LogP contribution in [-0.4, -0.2) is 23.9 Å². The summed E-state index contributed by atoms with van der Waals surface area (Å²) >= 11 is 0. The first-order chi connectivity index (χ1) is 8.95. The van der Waals surface area contributed by atoms with Gasteiger partial charge in [-0.15, -0.1) is 0 Å². The maximum absolute atomic E-state index is 11.4. The summed E-state index contributed by atoms with van der Waals surface area (Å²) in [6, 6.07) is 0. The Hall–Kier alpha value is 0.110. The van der Waals surface area contributed by atoms with Crippen molar-refractivity contribution >= 4 is 8.25 Å². The highest BCUT2D eigenvalue weighted by Gasteiger charge is 2.14. The summed E-state index contributed by atoms with van der Waals surface area (Å²) in [5.74, 6) is 0. The standard InChI is InChI=1S/C14H31O4P/c1-14(2,3)18-19(16)17-13-11-9-7-5-4-6-8-10-12-15/h15,19H,4-13H2,1-3H3. The lowest BCUT2D eigenvalue weighted by atomic mass is 10.1. The molecule has 0 aromatic carbocycles. The van der Waals surface area contributed by atoms with Crippen molar-refractivity contribution in [2.45, 2.75) is 77.7 Å². The fraction of sp³-hybridized carbons (Fsp3) is 1.00. The van der Waals surface area contributed by atoms with Gasteiger partial charge in [-0.2, -0.15) is 0 Å². The molecule has 19 heavy (non-hydrogen) atoms. The highest BCUT2D eigenvalue weighted by atomic mass is 31.1. The second-order valence-electron chi connectivity index (χ2n) is 5.86. The number of aliphatic hydroxyl groups excluding tert-OH is 1. The van der Waals surface area contributed by atoms with Crippen molar-refractivity contribution in [2.24, 2.45) is 0 Å². The van der Waals surface area contributed by atoms with Crippen molar-refractivity contribution in [1.29, 1.82) is 0 Å². The van der Waals surface area contributed by atoms with Gasteiger partial charge < -0.3 is 14.2 Å². The van der Waals surface area contributed by atoms with Gasteiger partial charge in [-0.1, -0.05) is 38.5 Å². The highest BCUT2D eigenvalue weighted by molar-refractivity contribution is 7.33. The van der Waals surface area contributed by atoms with Crippen LogP contribution in [0.5, 0.6) is 0 Å². The molecule has 1 N–H and O–H groups in total. The quantitative estimate of drug-likeness (QED) is 0.430. The Kier molecular flexibility index (Phi) is 12.0. The minimum Gasteiger partial charge on any atom is -0.396 e. The fourth-order valence-corrected chi connectivity index (χ4v) is 2.58. The Bertz CT molecular complexity index is 226. The third-order valence-corrected chi connectivity index (χ3v) is 3.88. The van der Waals surface area contributed by atoms with Crippen LogP contribution in [-0.2, 0) is 13.6 Å². The van der Waals surface area contributed by atoms with Gasteiger partial charge in [0.1, 0.15) is 0 Å². The van der Waals surface area contributed by atoms with E-state index in [1.165, 1.54) is 25.7 Å². The van der Waals surface area contributed by atoms with Crippen molar-refractivity contribution in [3.05, 3.63) is 0 Å². The number of hydrogen-bond donors (Lipinski definition) is 1. The molecule has 0 rings (SSSR count). The zero-order valence-electron chi connectivity index (χ0n) is 12.7. The fourth-order valence-electron chi connectivity index (χ4n) is 1.71. The third-order valence-electron chi connectivity index (χ3n) is 2.66. The molecule has 0 spiro atoms. The van der Waals surface area contributed by atoms with E-state index >= 15 is 0 Å². The molecule has 0 bridgehead atoms. The summed E-state index contributed by atoms with van der Waals surface area (Å²) in [6.45, 7) is 6.45. The van der Waals surface area contributed by atoms with Gasteiger partial charge in [0, 0.05) is 6.61 Å². The molecule has 0 aromatic heterocycles. The Morgan fingerprint density at radius 1 is 0.895 bits per heavy atom. The Balaban J connectivity index is 3.21. The van der Waals surface area contributed by atoms with E-state index in [4.69, 9.17) is 14.2 Å². The van der Waals surface area contributed by atoms with Crippen molar-refractivity contribution in [3.63, 3.8) is 0 Å². The number of rotatable bonds is 12. The molecule has 1 atom stereocenters. The van der Waals surface area contributed by atoms with Crippen LogP contribution in [0.4, 0.5) is 0 Å². The van der Waals surface area contributed by atoms with Crippen LogP contribution in [0.25, 0.3) is 0 Å². The van der Waals surface area contributed by atoms with Crippen LogP contribution in [0, 0.1) is 0 Å². The minimum absolute atomic E-state index is 0.313. The summed E-state index contributed by atoms with van der Waals surface area (Å²) in [5.41, 5.74) is -0.398. The highest BCUT2D eigenvalue weighted by Crippen LogP contribution is 2.31. The molecule has 1 unspecified atom stereocenters. The van der Waals surface area contributed by atoms with Gasteiger partial charge in [0.05, 0.1) is 12.2 Å². The van der Waals surface area contributed by atoms with Crippen LogP contribution in [0.1, 0.15) is 72.1 Å². The van der Waals surface area contributed by atoms with Crippen LogP contribution in [0.2, 0.25) is 0 Å². The van der Waals surface area contributed by atoms with E-state index < -0.39 is 13.9 Å². The third kappa shape index (κ3) is 16.1. The Labute approximate surface area is 118 Å². The zero-order chi connectivity index (χ0) is 14.6. The van der Waals surface area contributed by atoms with E-state index in [0.29, 0.717) is 13.2 Å². The largest absolute Gasteiger partial charge is 0.396 e. The van der Waals surface area contributed by atoms with Gasteiger partial charge in [-0.25, -0.2) is 0 Å². The lowest BCUT2D eigenvalue weighted by Gasteiger charge is -2.18. The van der Waals surface area contributed by atoms with E-state index in [-0.39, 0.29) is 0 Å². The zero-order valence-corrected chi connectivity index (χ0v) is 13.7. The normalized spacial score (nSPS) is 13.7. The smallest absolute Gasteiger partial charge is 0.319 e. The molecule has 0 aliphatic rings. The monoisotopic (exact) mass is 294 g/mol. The summed E-state index contributed by atoms with van der Waals surface area (Å²) in [6.07, 6.45) is 9.00. The molecule has 0 saturated heterocycles. The number of aliphatic hydroxyl groups is 1.